The molecule has 7 aromatic rings. The number of hydrogen-bond acceptors (Lipinski definition) is 5. The Bertz CT molecular complexity index is 1850. The van der Waals surface area contributed by atoms with Crippen LogP contribution in [0.4, 0.5) is 5.69 Å². The normalized spacial score (nSPS) is 11.7. The summed E-state index contributed by atoms with van der Waals surface area (Å²) in [5.41, 5.74) is 3.98. The molecule has 3 aromatic heterocycles. The Balaban J connectivity index is 1.64. The van der Waals surface area contributed by atoms with Gasteiger partial charge in [-0.1, -0.05) is 91.0 Å². The van der Waals surface area contributed by atoms with Gasteiger partial charge in [0.25, 0.3) is 5.69 Å². The minimum Gasteiger partial charge on any atom is -0.454 e. The lowest BCUT2D eigenvalue weighted by Crippen LogP contribution is -2.38. The third-order valence-electron chi connectivity index (χ3n) is 7.32. The number of hydrogen-bond donors (Lipinski definition) is 0. The molecule has 0 amide bonds. The summed E-state index contributed by atoms with van der Waals surface area (Å²) in [5, 5.41) is 18.5. The predicted octanol–water partition coefficient (Wildman–Crippen LogP) is 7.59. The number of rotatable bonds is 6. The van der Waals surface area contributed by atoms with Crippen LogP contribution in [0.2, 0.25) is 0 Å². The highest BCUT2D eigenvalue weighted by Gasteiger charge is 2.41. The van der Waals surface area contributed by atoms with Crippen LogP contribution in [-0.4, -0.2) is 19.7 Å². The van der Waals surface area contributed by atoms with E-state index in [1.807, 2.05) is 65.3 Å². The van der Waals surface area contributed by atoms with Crippen molar-refractivity contribution in [2.75, 3.05) is 0 Å². The van der Waals surface area contributed by atoms with Gasteiger partial charge in [-0.05, 0) is 34.9 Å². The second-order valence-electron chi connectivity index (χ2n) is 9.55. The number of furan rings is 1. The SMILES string of the molecule is O=[N+]([O-])c1ccc2c(c1)c(-c1cc3cnccc3o1)nn2C(c1ccccc1)(c1ccccc1)c1ccccc1. The first-order valence-electron chi connectivity index (χ1n) is 12.8. The maximum atomic E-state index is 11.8. The van der Waals surface area contributed by atoms with Gasteiger partial charge in [-0.2, -0.15) is 5.10 Å². The lowest BCUT2D eigenvalue weighted by Gasteiger charge is -2.37. The van der Waals surface area contributed by atoms with Gasteiger partial charge in [0, 0.05) is 35.3 Å². The average Bonchev–Trinajstić information content (AvgIpc) is 3.61. The molecule has 0 saturated carbocycles. The van der Waals surface area contributed by atoms with Crippen molar-refractivity contribution < 1.29 is 9.34 Å². The number of nitro groups is 1. The van der Waals surface area contributed by atoms with Crippen LogP contribution in [0.3, 0.4) is 0 Å². The van der Waals surface area contributed by atoms with Crippen molar-refractivity contribution in [1.82, 2.24) is 14.8 Å². The molecule has 0 aliphatic carbocycles. The summed E-state index contributed by atoms with van der Waals surface area (Å²) >= 11 is 0. The molecule has 0 radical (unpaired) electrons. The van der Waals surface area contributed by atoms with Crippen LogP contribution in [0.25, 0.3) is 33.3 Å². The second-order valence-corrected chi connectivity index (χ2v) is 9.55. The Labute approximate surface area is 229 Å². The Morgan fingerprint density at radius 3 is 1.90 bits per heavy atom. The third kappa shape index (κ3) is 3.60. The summed E-state index contributed by atoms with van der Waals surface area (Å²) in [6.45, 7) is 0. The first-order valence-corrected chi connectivity index (χ1v) is 12.8. The molecule has 0 bridgehead atoms. The highest BCUT2D eigenvalue weighted by Crippen LogP contribution is 2.44. The smallest absolute Gasteiger partial charge is 0.270 e. The number of benzene rings is 4. The number of nitro benzene ring substituents is 1. The molecule has 7 nitrogen and oxygen atoms in total. The highest BCUT2D eigenvalue weighted by atomic mass is 16.6. The first kappa shape index (κ1) is 23.5. The van der Waals surface area contributed by atoms with Crippen LogP contribution >= 0.6 is 0 Å². The largest absolute Gasteiger partial charge is 0.454 e. The van der Waals surface area contributed by atoms with Crippen LogP contribution < -0.4 is 0 Å². The fourth-order valence-electron chi connectivity index (χ4n) is 5.56. The number of nitrogens with zero attached hydrogens (tertiary/aromatic N) is 4. The van der Waals surface area contributed by atoms with Crippen molar-refractivity contribution in [2.24, 2.45) is 0 Å². The molecule has 0 saturated heterocycles. The van der Waals surface area contributed by atoms with Gasteiger partial charge in [0.2, 0.25) is 0 Å². The fraction of sp³-hybridized carbons (Fsp3) is 0.0303. The Hall–Kier alpha value is -5.56. The molecule has 0 spiro atoms. The molecule has 0 aliphatic heterocycles. The lowest BCUT2D eigenvalue weighted by atomic mass is 9.77. The van der Waals surface area contributed by atoms with Gasteiger partial charge in [0.15, 0.2) is 5.76 Å². The van der Waals surface area contributed by atoms with E-state index in [-0.39, 0.29) is 10.6 Å². The average molecular weight is 523 g/mol. The van der Waals surface area contributed by atoms with Crippen LogP contribution in [-0.2, 0) is 5.54 Å². The Morgan fingerprint density at radius 1 is 0.750 bits per heavy atom. The number of pyridine rings is 1. The predicted molar refractivity (Wildman–Crippen MR) is 154 cm³/mol. The minimum absolute atomic E-state index is 0.0178. The number of fused-ring (bicyclic) bond motifs is 2. The molecule has 7 heteroatoms. The van der Waals surface area contributed by atoms with Gasteiger partial charge < -0.3 is 4.42 Å². The third-order valence-corrected chi connectivity index (χ3v) is 7.32. The van der Waals surface area contributed by atoms with E-state index >= 15 is 0 Å². The quantitative estimate of drug-likeness (QED) is 0.128. The fourth-order valence-corrected chi connectivity index (χ4v) is 5.56. The number of non-ortho nitro benzene ring substituents is 1. The number of aromatic nitrogens is 3. The summed E-state index contributed by atoms with van der Waals surface area (Å²) < 4.78 is 8.20. The maximum absolute atomic E-state index is 11.8. The van der Waals surface area contributed by atoms with Gasteiger partial charge in [-0.3, -0.25) is 15.1 Å². The molecule has 0 aliphatic rings. The molecule has 3 heterocycles. The molecular formula is C33H22N4O3. The Kier molecular flexibility index (Phi) is 5.49. The molecule has 4 aromatic carbocycles. The van der Waals surface area contributed by atoms with Crippen LogP contribution in [0.15, 0.2) is 138 Å². The van der Waals surface area contributed by atoms with E-state index in [0.717, 1.165) is 27.6 Å². The van der Waals surface area contributed by atoms with Gasteiger partial charge in [-0.25, -0.2) is 4.68 Å². The van der Waals surface area contributed by atoms with E-state index in [9.17, 15) is 10.1 Å². The van der Waals surface area contributed by atoms with Crippen molar-refractivity contribution in [2.45, 2.75) is 5.54 Å². The maximum Gasteiger partial charge on any atom is 0.270 e. The van der Waals surface area contributed by atoms with Crippen molar-refractivity contribution in [3.63, 3.8) is 0 Å². The summed E-state index contributed by atoms with van der Waals surface area (Å²) in [6.07, 6.45) is 3.40. The molecular weight excluding hydrogens is 500 g/mol. The summed E-state index contributed by atoms with van der Waals surface area (Å²) in [7, 11) is 0. The van der Waals surface area contributed by atoms with Gasteiger partial charge in [0.05, 0.1) is 10.4 Å². The van der Waals surface area contributed by atoms with E-state index in [1.54, 1.807) is 30.6 Å². The van der Waals surface area contributed by atoms with Crippen molar-refractivity contribution in [3.8, 4) is 11.5 Å². The first-order chi connectivity index (χ1) is 19.7. The minimum atomic E-state index is -0.899. The zero-order valence-corrected chi connectivity index (χ0v) is 21.2. The highest BCUT2D eigenvalue weighted by molar-refractivity contribution is 5.96. The Morgan fingerprint density at radius 2 is 1.35 bits per heavy atom. The van der Waals surface area contributed by atoms with Crippen LogP contribution in [0, 0.1) is 10.1 Å². The van der Waals surface area contributed by atoms with Crippen LogP contribution in [0.1, 0.15) is 16.7 Å². The molecule has 192 valence electrons. The topological polar surface area (TPSA) is 87.0 Å². The summed E-state index contributed by atoms with van der Waals surface area (Å²) in [5.74, 6) is 0.510. The second kappa shape index (κ2) is 9.32. The van der Waals surface area contributed by atoms with E-state index in [0.29, 0.717) is 22.4 Å². The monoisotopic (exact) mass is 522 g/mol. The summed E-state index contributed by atoms with van der Waals surface area (Å²) in [4.78, 5) is 15.7. The molecule has 0 unspecified atom stereocenters. The van der Waals surface area contributed by atoms with Crippen molar-refractivity contribution in [1.29, 1.82) is 0 Å². The molecule has 40 heavy (non-hydrogen) atoms. The van der Waals surface area contributed by atoms with Crippen LogP contribution in [0.5, 0.6) is 0 Å². The van der Waals surface area contributed by atoms with Gasteiger partial charge in [0.1, 0.15) is 16.8 Å². The van der Waals surface area contributed by atoms with Gasteiger partial charge in [-0.15, -0.1) is 0 Å². The molecule has 0 N–H and O–H groups in total. The van der Waals surface area contributed by atoms with E-state index in [1.165, 1.54) is 6.07 Å². The van der Waals surface area contributed by atoms with Gasteiger partial charge >= 0.3 is 0 Å². The zero-order chi connectivity index (χ0) is 27.1. The van der Waals surface area contributed by atoms with E-state index < -0.39 is 5.54 Å². The molecule has 0 fully saturated rings. The van der Waals surface area contributed by atoms with E-state index in [2.05, 4.69) is 41.4 Å². The zero-order valence-electron chi connectivity index (χ0n) is 21.2. The van der Waals surface area contributed by atoms with Crippen molar-refractivity contribution >= 4 is 27.6 Å². The molecule has 0 atom stereocenters. The lowest BCUT2D eigenvalue weighted by molar-refractivity contribution is -0.384. The summed E-state index contributed by atoms with van der Waals surface area (Å²) in [6, 6.07) is 39.1. The van der Waals surface area contributed by atoms with E-state index in [4.69, 9.17) is 9.52 Å². The molecule has 7 rings (SSSR count). The standard InChI is InChI=1S/C33H22N4O3/c38-37(39)27-16-17-29-28(21-27)32(31-20-23-22-34-19-18-30(23)40-31)35-36(29)33(24-10-4-1-5-11-24,25-12-6-2-7-13-25)26-14-8-3-9-15-26/h1-22H. The van der Waals surface area contributed by atoms with Crippen molar-refractivity contribution in [3.05, 3.63) is 161 Å².